The van der Waals surface area contributed by atoms with Crippen LogP contribution in [0.2, 0.25) is 0 Å². The molecule has 12 heavy (non-hydrogen) atoms. The monoisotopic (exact) mass is 228 g/mol. The zero-order valence-corrected chi connectivity index (χ0v) is 7.78. The first kappa shape index (κ1) is 11.4. The van der Waals surface area contributed by atoms with Gasteiger partial charge in [-0.3, -0.25) is 0 Å². The molecule has 0 unspecified atom stereocenters. The molecule has 0 aromatic heterocycles. The van der Waals surface area contributed by atoms with E-state index in [1.807, 2.05) is 0 Å². The Bertz CT molecular complexity index is 273. The lowest BCUT2D eigenvalue weighted by atomic mass is 10.2. The molecule has 4 nitrogen and oxygen atoms in total. The Kier molecular flexibility index (Phi) is 3.65. The molecule has 0 aliphatic carbocycles. The van der Waals surface area contributed by atoms with Gasteiger partial charge in [0.15, 0.2) is 5.57 Å². The molecule has 0 aliphatic heterocycles. The molecule has 66 valence electrons. The molecule has 0 heterocycles. The van der Waals surface area contributed by atoms with Gasteiger partial charge >= 0.3 is 5.97 Å². The van der Waals surface area contributed by atoms with Crippen LogP contribution < -0.4 is 5.73 Å². The third-order valence-corrected chi connectivity index (χ3v) is 1.51. The van der Waals surface area contributed by atoms with Crippen molar-refractivity contribution in [2.45, 2.75) is 3.79 Å². The second-order valence-corrected chi connectivity index (χ2v) is 3.98. The van der Waals surface area contributed by atoms with E-state index in [-0.39, 0.29) is 0 Å². The number of aliphatic carboxylic acids is 1. The number of allylic oxidation sites excluding steroid dienone is 1. The summed E-state index contributed by atoms with van der Waals surface area (Å²) >= 11 is 15.7. The van der Waals surface area contributed by atoms with Gasteiger partial charge in [0.05, 0.1) is 5.70 Å². The van der Waals surface area contributed by atoms with E-state index >= 15 is 0 Å². The molecule has 0 saturated heterocycles. The summed E-state index contributed by atoms with van der Waals surface area (Å²) in [6.45, 7) is 0. The fourth-order valence-corrected chi connectivity index (χ4v) is 0.648. The van der Waals surface area contributed by atoms with Crippen LogP contribution in [-0.4, -0.2) is 14.9 Å². The third kappa shape index (κ3) is 2.78. The quantitative estimate of drug-likeness (QED) is 0.401. The second-order valence-electron chi connectivity index (χ2n) is 1.70. The maximum absolute atomic E-state index is 10.3. The largest absolute Gasteiger partial charge is 0.477 e. The molecule has 0 aliphatic rings. The summed E-state index contributed by atoms with van der Waals surface area (Å²) in [5, 5.41) is 16.7. The number of nitrogens with zero attached hydrogens (tertiary/aromatic N) is 1. The molecule has 0 rings (SSSR count). The molecule has 0 saturated carbocycles. The number of hydrogen-bond acceptors (Lipinski definition) is 3. The summed E-state index contributed by atoms with van der Waals surface area (Å²) in [4.78, 5) is 10.3. The fourth-order valence-electron chi connectivity index (χ4n) is 0.365. The van der Waals surface area contributed by atoms with Crippen LogP contribution in [0.4, 0.5) is 0 Å². The van der Waals surface area contributed by atoms with Crippen molar-refractivity contribution in [3.63, 3.8) is 0 Å². The second kappa shape index (κ2) is 3.85. The van der Waals surface area contributed by atoms with Crippen molar-refractivity contribution in [3.8, 4) is 6.07 Å². The Hall–Kier alpha value is -0.630. The lowest BCUT2D eigenvalue weighted by Gasteiger charge is -2.10. The smallest absolute Gasteiger partial charge is 0.348 e. The number of nitrogens with two attached hydrogens (primary N) is 1. The van der Waals surface area contributed by atoms with Crippen LogP contribution in [0.15, 0.2) is 11.3 Å². The summed E-state index contributed by atoms with van der Waals surface area (Å²) in [6.07, 6.45) is 0. The Labute approximate surface area is 83.1 Å². The first-order valence-corrected chi connectivity index (χ1v) is 3.64. The molecule has 0 bridgehead atoms. The minimum atomic E-state index is -2.07. The van der Waals surface area contributed by atoms with Crippen LogP contribution in [-0.2, 0) is 4.79 Å². The molecule has 0 amide bonds. The van der Waals surface area contributed by atoms with Crippen molar-refractivity contribution in [2.24, 2.45) is 5.73 Å². The highest BCUT2D eigenvalue weighted by Crippen LogP contribution is 2.33. The summed E-state index contributed by atoms with van der Waals surface area (Å²) in [7, 11) is 0. The zero-order chi connectivity index (χ0) is 9.94. The third-order valence-electron chi connectivity index (χ3n) is 0.900. The summed E-state index contributed by atoms with van der Waals surface area (Å²) in [5.74, 6) is -1.53. The molecular weight excluding hydrogens is 226 g/mol. The SMILES string of the molecule is N#CC(C(=O)O)=C(N)C(Cl)(Cl)Cl. The normalized spacial score (nSPS) is 13.2. The summed E-state index contributed by atoms with van der Waals surface area (Å²) in [6, 6.07) is 1.31. The van der Waals surface area contributed by atoms with E-state index in [4.69, 9.17) is 50.9 Å². The van der Waals surface area contributed by atoms with Crippen LogP contribution >= 0.6 is 34.8 Å². The topological polar surface area (TPSA) is 87.1 Å². The van der Waals surface area contributed by atoms with Gasteiger partial charge in [-0.05, 0) is 0 Å². The van der Waals surface area contributed by atoms with Crippen molar-refractivity contribution in [2.75, 3.05) is 0 Å². The van der Waals surface area contributed by atoms with Gasteiger partial charge in [0.25, 0.3) is 0 Å². The Balaban J connectivity index is 5.17. The standard InChI is InChI=1S/C5H3Cl3N2O2/c6-5(7,8)3(10)2(1-9)4(11)12/h10H2,(H,11,12). The lowest BCUT2D eigenvalue weighted by Crippen LogP contribution is -2.21. The Morgan fingerprint density at radius 3 is 2.00 bits per heavy atom. The van der Waals surface area contributed by atoms with E-state index in [0.29, 0.717) is 0 Å². The van der Waals surface area contributed by atoms with Gasteiger partial charge in [0.1, 0.15) is 6.07 Å². The maximum Gasteiger partial charge on any atom is 0.348 e. The zero-order valence-electron chi connectivity index (χ0n) is 5.51. The van der Waals surface area contributed by atoms with Crippen molar-refractivity contribution >= 4 is 40.8 Å². The van der Waals surface area contributed by atoms with Crippen molar-refractivity contribution < 1.29 is 9.90 Å². The lowest BCUT2D eigenvalue weighted by molar-refractivity contribution is -0.132. The molecule has 0 atom stereocenters. The van der Waals surface area contributed by atoms with Gasteiger partial charge in [-0.25, -0.2) is 4.79 Å². The van der Waals surface area contributed by atoms with E-state index < -0.39 is 21.0 Å². The number of nitriles is 1. The summed E-state index contributed by atoms with van der Waals surface area (Å²) < 4.78 is -2.07. The molecule has 3 N–H and O–H groups in total. The van der Waals surface area contributed by atoms with E-state index in [2.05, 4.69) is 0 Å². The highest BCUT2D eigenvalue weighted by Gasteiger charge is 2.29. The molecule has 0 spiro atoms. The number of alkyl halides is 3. The first-order chi connectivity index (χ1) is 5.30. The van der Waals surface area contributed by atoms with Gasteiger partial charge < -0.3 is 10.8 Å². The van der Waals surface area contributed by atoms with E-state index in [1.165, 1.54) is 6.07 Å². The van der Waals surface area contributed by atoms with Crippen LogP contribution in [0.5, 0.6) is 0 Å². The predicted molar refractivity (Wildman–Crippen MR) is 44.8 cm³/mol. The number of carbonyl (C=O) groups is 1. The molecule has 0 aromatic carbocycles. The highest BCUT2D eigenvalue weighted by atomic mass is 35.6. The Morgan fingerprint density at radius 1 is 1.50 bits per heavy atom. The molecular formula is C5H3Cl3N2O2. The van der Waals surface area contributed by atoms with E-state index in [0.717, 1.165) is 0 Å². The van der Waals surface area contributed by atoms with Crippen molar-refractivity contribution in [3.05, 3.63) is 11.3 Å². The number of hydrogen-bond donors (Lipinski definition) is 2. The van der Waals surface area contributed by atoms with E-state index in [1.54, 1.807) is 0 Å². The predicted octanol–water partition coefficient (Wildman–Crippen LogP) is 1.18. The van der Waals surface area contributed by atoms with Crippen LogP contribution in [0.25, 0.3) is 0 Å². The van der Waals surface area contributed by atoms with Crippen LogP contribution in [0.1, 0.15) is 0 Å². The number of carboxylic acid groups (broad SMARTS) is 1. The average Bonchev–Trinajstić information content (AvgIpc) is 1.86. The summed E-state index contributed by atoms with van der Waals surface area (Å²) in [5.41, 5.74) is 3.72. The van der Waals surface area contributed by atoms with Crippen LogP contribution in [0, 0.1) is 11.3 Å². The van der Waals surface area contributed by atoms with Crippen molar-refractivity contribution in [1.82, 2.24) is 0 Å². The van der Waals surface area contributed by atoms with Crippen LogP contribution in [0.3, 0.4) is 0 Å². The average molecular weight is 229 g/mol. The molecule has 0 radical (unpaired) electrons. The Morgan fingerprint density at radius 2 is 1.92 bits per heavy atom. The number of rotatable bonds is 1. The number of carboxylic acids is 1. The van der Waals surface area contributed by atoms with Gasteiger partial charge in [0.2, 0.25) is 3.79 Å². The molecule has 0 aromatic rings. The highest BCUT2D eigenvalue weighted by molar-refractivity contribution is 6.69. The molecule has 0 fully saturated rings. The number of halogens is 3. The van der Waals surface area contributed by atoms with Gasteiger partial charge in [-0.1, -0.05) is 34.8 Å². The maximum atomic E-state index is 10.3. The van der Waals surface area contributed by atoms with Gasteiger partial charge in [0, 0.05) is 0 Å². The fraction of sp³-hybridized carbons (Fsp3) is 0.200. The van der Waals surface area contributed by atoms with E-state index in [9.17, 15) is 4.79 Å². The van der Waals surface area contributed by atoms with Gasteiger partial charge in [-0.2, -0.15) is 5.26 Å². The van der Waals surface area contributed by atoms with Crippen molar-refractivity contribution in [1.29, 1.82) is 5.26 Å². The molecule has 7 heteroatoms. The first-order valence-electron chi connectivity index (χ1n) is 2.51. The minimum absolute atomic E-state index is 0.595. The van der Waals surface area contributed by atoms with Gasteiger partial charge in [-0.15, -0.1) is 0 Å². The minimum Gasteiger partial charge on any atom is -0.477 e.